The number of hydrogen-bond acceptors (Lipinski definition) is 1. The number of nitrogens with two attached hydrogens (primary N) is 1. The van der Waals surface area contributed by atoms with Gasteiger partial charge in [0.1, 0.15) is 7.05 Å². The van der Waals surface area contributed by atoms with Gasteiger partial charge in [-0.15, -0.1) is 0 Å². The van der Waals surface area contributed by atoms with Crippen molar-refractivity contribution >= 4 is 28.7 Å². The number of anilines is 1. The van der Waals surface area contributed by atoms with E-state index in [9.17, 15) is 0 Å². The van der Waals surface area contributed by atoms with Crippen LogP contribution >= 0.6 is 0 Å². The molecule has 23 heavy (non-hydrogen) atoms. The molecule has 0 aliphatic heterocycles. The molecule has 0 aliphatic carbocycles. The second-order valence-electron chi connectivity index (χ2n) is 5.67. The minimum absolute atomic E-state index is 0. The molecule has 0 aliphatic rings. The van der Waals surface area contributed by atoms with Crippen LogP contribution in [-0.4, -0.2) is 0 Å². The first kappa shape index (κ1) is 17.5. The Morgan fingerprint density at radius 2 is 1.61 bits per heavy atom. The second-order valence-corrected chi connectivity index (χ2v) is 5.67. The highest BCUT2D eigenvalue weighted by atomic mass is 127. The van der Waals surface area contributed by atoms with E-state index in [0.29, 0.717) is 0 Å². The van der Waals surface area contributed by atoms with E-state index < -0.39 is 0 Å². The average molecular weight is 416 g/mol. The number of hydrogen-bond donors (Lipinski definition) is 1. The Balaban J connectivity index is 0.00000192. The van der Waals surface area contributed by atoms with Gasteiger partial charge in [0.25, 0.3) is 0 Å². The number of benzene rings is 2. The maximum absolute atomic E-state index is 6.21. The third-order valence-electron chi connectivity index (χ3n) is 4.35. The van der Waals surface area contributed by atoms with Crippen molar-refractivity contribution in [2.24, 2.45) is 7.05 Å². The number of aryl methyl sites for hydroxylation is 2. The smallest absolute Gasteiger partial charge is 0.214 e. The Hall–Kier alpha value is -1.88. The summed E-state index contributed by atoms with van der Waals surface area (Å²) >= 11 is 0. The quantitative estimate of drug-likeness (QED) is 0.378. The molecule has 3 aromatic rings. The van der Waals surface area contributed by atoms with Crippen LogP contribution in [0.3, 0.4) is 0 Å². The van der Waals surface area contributed by atoms with Crippen LogP contribution in [0, 0.1) is 13.8 Å². The maximum atomic E-state index is 6.21. The van der Waals surface area contributed by atoms with Gasteiger partial charge in [-0.1, -0.05) is 42.5 Å². The summed E-state index contributed by atoms with van der Waals surface area (Å²) in [5.41, 5.74) is 13.1. The Morgan fingerprint density at radius 1 is 0.913 bits per heavy atom. The third-order valence-corrected chi connectivity index (χ3v) is 4.35. The lowest BCUT2D eigenvalue weighted by Crippen LogP contribution is -3.00. The zero-order chi connectivity index (χ0) is 15.7. The Morgan fingerprint density at radius 3 is 2.30 bits per heavy atom. The molecule has 0 spiro atoms. The highest BCUT2D eigenvalue weighted by Crippen LogP contribution is 2.27. The van der Waals surface area contributed by atoms with Crippen molar-refractivity contribution in [1.82, 2.24) is 0 Å². The van der Waals surface area contributed by atoms with Crippen molar-refractivity contribution < 1.29 is 28.5 Å². The van der Waals surface area contributed by atoms with E-state index in [-0.39, 0.29) is 24.0 Å². The second kappa shape index (κ2) is 7.13. The van der Waals surface area contributed by atoms with Crippen molar-refractivity contribution in [3.8, 4) is 0 Å². The predicted molar refractivity (Wildman–Crippen MR) is 94.4 cm³/mol. The minimum Gasteiger partial charge on any atom is -1.00 e. The fourth-order valence-corrected chi connectivity index (χ4v) is 3.00. The minimum atomic E-state index is 0. The van der Waals surface area contributed by atoms with E-state index in [1.54, 1.807) is 0 Å². The largest absolute Gasteiger partial charge is 1.00 e. The molecule has 0 saturated heterocycles. The number of halogens is 1. The summed E-state index contributed by atoms with van der Waals surface area (Å²) in [6, 6.07) is 16.5. The molecule has 2 aromatic carbocycles. The Labute approximate surface area is 154 Å². The monoisotopic (exact) mass is 416 g/mol. The van der Waals surface area contributed by atoms with E-state index in [1.165, 1.54) is 27.9 Å². The van der Waals surface area contributed by atoms with Crippen molar-refractivity contribution in [1.29, 1.82) is 0 Å². The van der Waals surface area contributed by atoms with Crippen LogP contribution in [-0.2, 0) is 7.05 Å². The molecule has 118 valence electrons. The first-order chi connectivity index (χ1) is 10.6. The molecule has 0 amide bonds. The summed E-state index contributed by atoms with van der Waals surface area (Å²) in [7, 11) is 2.09. The van der Waals surface area contributed by atoms with E-state index >= 15 is 0 Å². The van der Waals surface area contributed by atoms with Crippen LogP contribution in [0.25, 0.3) is 23.1 Å². The molecule has 0 bridgehead atoms. The lowest BCUT2D eigenvalue weighted by molar-refractivity contribution is -0.651. The number of fused-ring (bicyclic) bond motifs is 1. The molecule has 0 fully saturated rings. The SMILES string of the molecule is Cc1c(C=Cc2ccccc2)c(C)[n+](C)c2cccc(N)c12.[I-]. The van der Waals surface area contributed by atoms with E-state index in [4.69, 9.17) is 5.73 Å². The summed E-state index contributed by atoms with van der Waals surface area (Å²) in [6.07, 6.45) is 4.34. The number of rotatable bonds is 2. The predicted octanol–water partition coefficient (Wildman–Crippen LogP) is 1.04. The van der Waals surface area contributed by atoms with Crippen LogP contribution < -0.4 is 34.3 Å². The van der Waals surface area contributed by atoms with Crippen LogP contribution in [0.15, 0.2) is 48.5 Å². The molecule has 1 heterocycles. The molecule has 0 radical (unpaired) electrons. The zero-order valence-corrected chi connectivity index (χ0v) is 15.8. The lowest BCUT2D eigenvalue weighted by Gasteiger charge is -2.10. The maximum Gasteiger partial charge on any atom is 0.214 e. The fourth-order valence-electron chi connectivity index (χ4n) is 3.00. The molecular formula is C20H21IN2. The number of pyridine rings is 1. The molecule has 0 atom stereocenters. The van der Waals surface area contributed by atoms with E-state index in [2.05, 4.69) is 67.9 Å². The standard InChI is InChI=1S/C20H20N2.HI/c1-14-17(13-12-16-8-5-4-6-9-16)15(2)22(3)19-11-7-10-18(21)20(14)19;/h4-13,21H,1-3H3;1H. The zero-order valence-electron chi connectivity index (χ0n) is 13.7. The summed E-state index contributed by atoms with van der Waals surface area (Å²) in [4.78, 5) is 0. The molecule has 0 unspecified atom stereocenters. The molecule has 0 saturated carbocycles. The lowest BCUT2D eigenvalue weighted by atomic mass is 9.99. The normalized spacial score (nSPS) is 10.9. The Bertz CT molecular complexity index is 868. The van der Waals surface area contributed by atoms with Crippen LogP contribution in [0.4, 0.5) is 5.69 Å². The summed E-state index contributed by atoms with van der Waals surface area (Å²) in [5, 5.41) is 1.14. The van der Waals surface area contributed by atoms with Gasteiger partial charge in [0.15, 0.2) is 5.69 Å². The van der Waals surface area contributed by atoms with Gasteiger partial charge in [-0.05, 0) is 30.2 Å². The summed E-state index contributed by atoms with van der Waals surface area (Å²) in [6.45, 7) is 4.30. The number of nitrogen functional groups attached to an aromatic ring is 1. The highest BCUT2D eigenvalue weighted by molar-refractivity contribution is 5.94. The van der Waals surface area contributed by atoms with Gasteiger partial charge in [-0.25, -0.2) is 0 Å². The molecule has 2 N–H and O–H groups in total. The molecule has 2 nitrogen and oxygen atoms in total. The number of nitrogens with zero attached hydrogens (tertiary/aromatic N) is 1. The van der Waals surface area contributed by atoms with Crippen LogP contribution in [0.2, 0.25) is 0 Å². The van der Waals surface area contributed by atoms with Gasteiger partial charge in [0, 0.05) is 24.2 Å². The van der Waals surface area contributed by atoms with Gasteiger partial charge >= 0.3 is 0 Å². The molecule has 1 aromatic heterocycles. The summed E-state index contributed by atoms with van der Waals surface area (Å²) < 4.78 is 2.21. The van der Waals surface area contributed by atoms with Gasteiger partial charge in [-0.2, -0.15) is 4.57 Å². The molecule has 3 heteroatoms. The van der Waals surface area contributed by atoms with Gasteiger partial charge < -0.3 is 29.7 Å². The third kappa shape index (κ3) is 3.24. The fraction of sp³-hybridized carbons (Fsp3) is 0.150. The summed E-state index contributed by atoms with van der Waals surface area (Å²) in [5.74, 6) is 0. The van der Waals surface area contributed by atoms with Crippen molar-refractivity contribution in [3.05, 3.63) is 70.9 Å². The van der Waals surface area contributed by atoms with E-state index in [0.717, 1.165) is 11.1 Å². The molecular weight excluding hydrogens is 395 g/mol. The molecule has 3 rings (SSSR count). The van der Waals surface area contributed by atoms with Crippen molar-refractivity contribution in [2.45, 2.75) is 13.8 Å². The number of aromatic nitrogens is 1. The van der Waals surface area contributed by atoms with E-state index in [1.807, 2.05) is 18.2 Å². The Kier molecular flexibility index (Phi) is 5.42. The van der Waals surface area contributed by atoms with Crippen molar-refractivity contribution in [3.63, 3.8) is 0 Å². The van der Waals surface area contributed by atoms with Crippen molar-refractivity contribution in [2.75, 3.05) is 5.73 Å². The van der Waals surface area contributed by atoms with Crippen LogP contribution in [0.5, 0.6) is 0 Å². The first-order valence-corrected chi connectivity index (χ1v) is 7.50. The van der Waals surface area contributed by atoms with Gasteiger partial charge in [-0.3, -0.25) is 0 Å². The van der Waals surface area contributed by atoms with Crippen LogP contribution in [0.1, 0.15) is 22.4 Å². The first-order valence-electron chi connectivity index (χ1n) is 7.50. The van der Waals surface area contributed by atoms with Gasteiger partial charge in [0.2, 0.25) is 5.52 Å². The highest BCUT2D eigenvalue weighted by Gasteiger charge is 2.18. The topological polar surface area (TPSA) is 29.9 Å². The van der Waals surface area contributed by atoms with Gasteiger partial charge in [0.05, 0.1) is 5.39 Å². The average Bonchev–Trinajstić information content (AvgIpc) is 2.53.